The van der Waals surface area contributed by atoms with Crippen molar-refractivity contribution >= 4 is 27.6 Å². The number of anilines is 1. The zero-order chi connectivity index (χ0) is 15.9. The number of nitrogens with zero attached hydrogens (tertiary/aromatic N) is 1. The molecule has 1 N–H and O–H groups in total. The number of amides is 2. The zero-order valence-electron chi connectivity index (χ0n) is 12.4. The standard InChI is InChI=1S/C16H17BrN2O3/c1-19(21-2)16(20)18-14-7-9-15(10-8-14)22-11-12-3-5-13(17)6-4-12/h3-10H,11H2,1-2H3,(H,18,20). The molecule has 0 heterocycles. The molecule has 0 aliphatic heterocycles. The molecule has 0 atom stereocenters. The Morgan fingerprint density at radius 3 is 2.36 bits per heavy atom. The molecular weight excluding hydrogens is 348 g/mol. The highest BCUT2D eigenvalue weighted by Gasteiger charge is 2.07. The first-order chi connectivity index (χ1) is 10.6. The number of hydroxylamine groups is 2. The number of nitrogens with one attached hydrogen (secondary N) is 1. The zero-order valence-corrected chi connectivity index (χ0v) is 14.0. The van der Waals surface area contributed by atoms with E-state index < -0.39 is 0 Å². The van der Waals surface area contributed by atoms with E-state index in [-0.39, 0.29) is 6.03 Å². The number of halogens is 1. The number of urea groups is 1. The molecule has 0 aliphatic carbocycles. The van der Waals surface area contributed by atoms with Gasteiger partial charge in [0.15, 0.2) is 0 Å². The van der Waals surface area contributed by atoms with E-state index in [9.17, 15) is 4.79 Å². The molecule has 0 radical (unpaired) electrons. The molecule has 22 heavy (non-hydrogen) atoms. The maximum absolute atomic E-state index is 11.6. The van der Waals surface area contributed by atoms with E-state index in [2.05, 4.69) is 21.2 Å². The van der Waals surface area contributed by atoms with Crippen LogP contribution in [0.25, 0.3) is 0 Å². The van der Waals surface area contributed by atoms with Gasteiger partial charge in [0.2, 0.25) is 0 Å². The van der Waals surface area contributed by atoms with Gasteiger partial charge in [0, 0.05) is 17.2 Å². The SMILES string of the molecule is CON(C)C(=O)Nc1ccc(OCc2ccc(Br)cc2)cc1. The lowest BCUT2D eigenvalue weighted by Crippen LogP contribution is -2.30. The van der Waals surface area contributed by atoms with E-state index in [1.165, 1.54) is 14.2 Å². The lowest BCUT2D eigenvalue weighted by atomic mass is 10.2. The summed E-state index contributed by atoms with van der Waals surface area (Å²) in [6, 6.07) is 14.8. The molecular formula is C16H17BrN2O3. The molecule has 0 saturated carbocycles. The summed E-state index contributed by atoms with van der Waals surface area (Å²) in [6.07, 6.45) is 0. The van der Waals surface area contributed by atoms with Gasteiger partial charge in [-0.25, -0.2) is 9.86 Å². The van der Waals surface area contributed by atoms with Crippen molar-refractivity contribution in [3.05, 3.63) is 58.6 Å². The molecule has 2 amide bonds. The molecule has 2 rings (SSSR count). The number of hydrogen-bond acceptors (Lipinski definition) is 3. The molecule has 2 aromatic rings. The minimum atomic E-state index is -0.342. The van der Waals surface area contributed by atoms with Gasteiger partial charge >= 0.3 is 6.03 Å². The quantitative estimate of drug-likeness (QED) is 0.814. The van der Waals surface area contributed by atoms with Gasteiger partial charge in [-0.2, -0.15) is 0 Å². The van der Waals surface area contributed by atoms with Crippen LogP contribution in [0.3, 0.4) is 0 Å². The van der Waals surface area contributed by atoms with Crippen molar-refractivity contribution in [2.45, 2.75) is 6.61 Å². The fourth-order valence-electron chi connectivity index (χ4n) is 1.67. The molecule has 0 aliphatic rings. The lowest BCUT2D eigenvalue weighted by molar-refractivity contribution is -0.0598. The first-order valence-electron chi connectivity index (χ1n) is 6.64. The molecule has 0 fully saturated rings. The number of carbonyl (C=O) groups excluding carboxylic acids is 1. The second kappa shape index (κ2) is 7.82. The number of hydrogen-bond donors (Lipinski definition) is 1. The Morgan fingerprint density at radius 2 is 1.77 bits per heavy atom. The smallest absolute Gasteiger partial charge is 0.345 e. The van der Waals surface area contributed by atoms with Crippen LogP contribution < -0.4 is 10.1 Å². The van der Waals surface area contributed by atoms with Gasteiger partial charge in [-0.05, 0) is 42.0 Å². The van der Waals surface area contributed by atoms with Gasteiger partial charge < -0.3 is 10.1 Å². The van der Waals surface area contributed by atoms with Crippen molar-refractivity contribution in [1.29, 1.82) is 0 Å². The third-order valence-corrected chi connectivity index (χ3v) is 3.51. The van der Waals surface area contributed by atoms with Crippen LogP contribution >= 0.6 is 15.9 Å². The summed E-state index contributed by atoms with van der Waals surface area (Å²) >= 11 is 3.40. The summed E-state index contributed by atoms with van der Waals surface area (Å²) in [6.45, 7) is 0.491. The predicted octanol–water partition coefficient (Wildman–Crippen LogP) is 4.05. The van der Waals surface area contributed by atoms with Crippen LogP contribution in [-0.4, -0.2) is 25.3 Å². The molecule has 0 aromatic heterocycles. The van der Waals surface area contributed by atoms with Gasteiger partial charge in [-0.1, -0.05) is 28.1 Å². The highest BCUT2D eigenvalue weighted by atomic mass is 79.9. The Bertz CT molecular complexity index is 614. The normalized spacial score (nSPS) is 10.1. The van der Waals surface area contributed by atoms with E-state index in [4.69, 9.17) is 9.57 Å². The van der Waals surface area contributed by atoms with Crippen molar-refractivity contribution in [1.82, 2.24) is 5.06 Å². The fraction of sp³-hybridized carbons (Fsp3) is 0.188. The largest absolute Gasteiger partial charge is 0.489 e. The van der Waals surface area contributed by atoms with Gasteiger partial charge in [-0.15, -0.1) is 0 Å². The second-order valence-corrected chi connectivity index (χ2v) is 5.47. The molecule has 0 saturated heterocycles. The highest BCUT2D eigenvalue weighted by Crippen LogP contribution is 2.18. The van der Waals surface area contributed by atoms with Crippen LogP contribution in [0.1, 0.15) is 5.56 Å². The van der Waals surface area contributed by atoms with E-state index >= 15 is 0 Å². The van der Waals surface area contributed by atoms with E-state index in [1.807, 2.05) is 24.3 Å². The van der Waals surface area contributed by atoms with Gasteiger partial charge in [0.25, 0.3) is 0 Å². The van der Waals surface area contributed by atoms with Gasteiger partial charge in [0.05, 0.1) is 7.11 Å². The van der Waals surface area contributed by atoms with Gasteiger partial charge in [0.1, 0.15) is 12.4 Å². The van der Waals surface area contributed by atoms with E-state index in [1.54, 1.807) is 24.3 Å². The minimum absolute atomic E-state index is 0.342. The van der Waals surface area contributed by atoms with Crippen LogP contribution in [0.2, 0.25) is 0 Å². The molecule has 2 aromatic carbocycles. The minimum Gasteiger partial charge on any atom is -0.489 e. The van der Waals surface area contributed by atoms with Crippen LogP contribution in [0.5, 0.6) is 5.75 Å². The molecule has 5 nitrogen and oxygen atoms in total. The summed E-state index contributed by atoms with van der Waals surface area (Å²) in [4.78, 5) is 16.4. The van der Waals surface area contributed by atoms with Crippen molar-refractivity contribution in [2.75, 3.05) is 19.5 Å². The van der Waals surface area contributed by atoms with Crippen LogP contribution in [-0.2, 0) is 11.4 Å². The topological polar surface area (TPSA) is 50.8 Å². The third-order valence-electron chi connectivity index (χ3n) is 2.98. The van der Waals surface area contributed by atoms with Gasteiger partial charge in [-0.3, -0.25) is 4.84 Å². The Morgan fingerprint density at radius 1 is 1.14 bits per heavy atom. The molecule has 0 spiro atoms. The highest BCUT2D eigenvalue weighted by molar-refractivity contribution is 9.10. The first kappa shape index (κ1) is 16.3. The maximum atomic E-state index is 11.6. The second-order valence-electron chi connectivity index (χ2n) is 4.55. The van der Waals surface area contributed by atoms with Crippen LogP contribution in [0.4, 0.5) is 10.5 Å². The van der Waals surface area contributed by atoms with Crippen molar-refractivity contribution in [3.63, 3.8) is 0 Å². The Hall–Kier alpha value is -2.05. The Balaban J connectivity index is 1.89. The maximum Gasteiger partial charge on any atom is 0.345 e. The molecule has 0 bridgehead atoms. The van der Waals surface area contributed by atoms with Crippen molar-refractivity contribution in [3.8, 4) is 5.75 Å². The average Bonchev–Trinajstić information content (AvgIpc) is 2.55. The number of rotatable bonds is 5. The summed E-state index contributed by atoms with van der Waals surface area (Å²) in [5.74, 6) is 0.737. The molecule has 0 unspecified atom stereocenters. The van der Waals surface area contributed by atoms with Crippen molar-refractivity contribution < 1.29 is 14.4 Å². The summed E-state index contributed by atoms with van der Waals surface area (Å²) < 4.78 is 6.74. The predicted molar refractivity (Wildman–Crippen MR) is 88.7 cm³/mol. The first-order valence-corrected chi connectivity index (χ1v) is 7.44. The summed E-state index contributed by atoms with van der Waals surface area (Å²) in [5, 5.41) is 3.81. The summed E-state index contributed by atoms with van der Waals surface area (Å²) in [7, 11) is 2.96. The number of carbonyl (C=O) groups is 1. The van der Waals surface area contributed by atoms with E-state index in [0.29, 0.717) is 12.3 Å². The Kier molecular flexibility index (Phi) is 5.80. The monoisotopic (exact) mass is 364 g/mol. The lowest BCUT2D eigenvalue weighted by Gasteiger charge is -2.14. The third kappa shape index (κ3) is 4.75. The fourth-order valence-corrected chi connectivity index (χ4v) is 1.93. The van der Waals surface area contributed by atoms with Crippen LogP contribution in [0.15, 0.2) is 53.0 Å². The summed E-state index contributed by atoms with van der Waals surface area (Å²) in [5.41, 5.74) is 1.76. The van der Waals surface area contributed by atoms with Crippen LogP contribution in [0, 0.1) is 0 Å². The average molecular weight is 365 g/mol. The van der Waals surface area contributed by atoms with Crippen molar-refractivity contribution in [2.24, 2.45) is 0 Å². The van der Waals surface area contributed by atoms with E-state index in [0.717, 1.165) is 20.8 Å². The molecule has 116 valence electrons. The Labute approximate surface area is 137 Å². The molecule has 6 heteroatoms. The number of benzene rings is 2. The number of ether oxygens (including phenoxy) is 1.